The number of fused-ring (bicyclic) bond motifs is 1. The van der Waals surface area contributed by atoms with E-state index < -0.39 is 11.7 Å². The molecule has 0 amide bonds. The number of halogens is 1. The first-order valence-electron chi connectivity index (χ1n) is 7.09. The summed E-state index contributed by atoms with van der Waals surface area (Å²) in [7, 11) is 1.85. The van der Waals surface area contributed by atoms with Crippen molar-refractivity contribution in [3.63, 3.8) is 0 Å². The first-order chi connectivity index (χ1) is 11.5. The van der Waals surface area contributed by atoms with E-state index in [1.807, 2.05) is 11.6 Å². The quantitative estimate of drug-likeness (QED) is 0.729. The maximum Gasteiger partial charge on any atom is 0.419 e. The fourth-order valence-electron chi connectivity index (χ4n) is 2.27. The Labute approximate surface area is 140 Å². The van der Waals surface area contributed by atoms with E-state index in [2.05, 4.69) is 4.98 Å². The number of carboxylic acids is 1. The van der Waals surface area contributed by atoms with E-state index in [-0.39, 0.29) is 25.2 Å². The molecule has 0 aliphatic rings. The molecule has 24 heavy (non-hydrogen) atoms. The van der Waals surface area contributed by atoms with Crippen molar-refractivity contribution in [3.05, 3.63) is 45.9 Å². The largest absolute Gasteiger partial charge is 0.484 e. The van der Waals surface area contributed by atoms with Crippen LogP contribution in [0.4, 0.5) is 0 Å². The summed E-state index contributed by atoms with van der Waals surface area (Å²) in [6.45, 7) is 0.212. The van der Waals surface area contributed by atoms with Gasteiger partial charge < -0.3 is 18.8 Å². The Bertz CT molecular complexity index is 956. The van der Waals surface area contributed by atoms with Gasteiger partial charge in [-0.15, -0.1) is 0 Å². The first-order valence-corrected chi connectivity index (χ1v) is 7.47. The standard InChI is InChI=1S/C15H14ClN3O5/c1-18-5-3-17-13(18)8-23-11-7-12-10(6-9(11)16)19(15(22)24-12)4-2-14(20)21/h3,5-7H,2,4,8H2,1H3,(H,20,21). The second-order valence-electron chi connectivity index (χ2n) is 5.16. The van der Waals surface area contributed by atoms with Gasteiger partial charge in [0.25, 0.3) is 0 Å². The molecule has 0 radical (unpaired) electrons. The van der Waals surface area contributed by atoms with Crippen molar-refractivity contribution in [1.82, 2.24) is 14.1 Å². The van der Waals surface area contributed by atoms with E-state index >= 15 is 0 Å². The molecule has 0 unspecified atom stereocenters. The number of hydrogen-bond acceptors (Lipinski definition) is 5. The van der Waals surface area contributed by atoms with Gasteiger partial charge in [-0.05, 0) is 6.07 Å². The molecule has 0 saturated heterocycles. The Balaban J connectivity index is 1.89. The Hall–Kier alpha value is -2.74. The van der Waals surface area contributed by atoms with Crippen LogP contribution >= 0.6 is 11.6 Å². The number of rotatable bonds is 6. The van der Waals surface area contributed by atoms with Gasteiger partial charge in [0.05, 0.1) is 17.0 Å². The monoisotopic (exact) mass is 351 g/mol. The highest BCUT2D eigenvalue weighted by molar-refractivity contribution is 6.32. The Morgan fingerprint density at radius 2 is 2.25 bits per heavy atom. The van der Waals surface area contributed by atoms with E-state index in [1.165, 1.54) is 16.7 Å². The fourth-order valence-corrected chi connectivity index (χ4v) is 2.48. The molecule has 0 atom stereocenters. The average molecular weight is 352 g/mol. The lowest BCUT2D eigenvalue weighted by Crippen LogP contribution is -2.16. The van der Waals surface area contributed by atoms with Crippen LogP contribution < -0.4 is 10.5 Å². The maximum absolute atomic E-state index is 11.9. The summed E-state index contributed by atoms with van der Waals surface area (Å²) >= 11 is 6.20. The van der Waals surface area contributed by atoms with Crippen LogP contribution in [0.1, 0.15) is 12.2 Å². The van der Waals surface area contributed by atoms with Crippen LogP contribution in [0.2, 0.25) is 5.02 Å². The summed E-state index contributed by atoms with van der Waals surface area (Å²) in [5, 5.41) is 9.05. The molecule has 1 aromatic carbocycles. The number of carboxylic acid groups (broad SMARTS) is 1. The molecular formula is C15H14ClN3O5. The molecule has 8 nitrogen and oxygen atoms in total. The van der Waals surface area contributed by atoms with Gasteiger partial charge in [0.1, 0.15) is 18.2 Å². The molecule has 9 heteroatoms. The van der Waals surface area contributed by atoms with E-state index in [0.29, 0.717) is 22.1 Å². The molecular weight excluding hydrogens is 338 g/mol. The molecule has 0 aliphatic heterocycles. The predicted molar refractivity (Wildman–Crippen MR) is 85.3 cm³/mol. The normalized spacial score (nSPS) is 11.1. The van der Waals surface area contributed by atoms with E-state index in [0.717, 1.165) is 0 Å². The molecule has 0 saturated carbocycles. The van der Waals surface area contributed by atoms with Gasteiger partial charge in [-0.3, -0.25) is 9.36 Å². The van der Waals surface area contributed by atoms with E-state index in [9.17, 15) is 9.59 Å². The van der Waals surface area contributed by atoms with Crippen LogP contribution in [0.15, 0.2) is 33.7 Å². The molecule has 126 valence electrons. The lowest BCUT2D eigenvalue weighted by molar-refractivity contribution is -0.137. The van der Waals surface area contributed by atoms with Crippen LogP contribution in [0.25, 0.3) is 11.1 Å². The van der Waals surface area contributed by atoms with Gasteiger partial charge in [0.2, 0.25) is 0 Å². The Kier molecular flexibility index (Phi) is 4.30. The molecule has 2 heterocycles. The third-order valence-electron chi connectivity index (χ3n) is 3.55. The van der Waals surface area contributed by atoms with Crippen molar-refractivity contribution in [2.75, 3.05) is 0 Å². The van der Waals surface area contributed by atoms with Crippen LogP contribution in [-0.2, 0) is 25.0 Å². The highest BCUT2D eigenvalue weighted by atomic mass is 35.5. The second kappa shape index (κ2) is 6.40. The summed E-state index contributed by atoms with van der Waals surface area (Å²) in [6, 6.07) is 3.04. The van der Waals surface area contributed by atoms with Gasteiger partial charge in [-0.2, -0.15) is 0 Å². The van der Waals surface area contributed by atoms with Crippen molar-refractivity contribution in [3.8, 4) is 5.75 Å². The topological polar surface area (TPSA) is 99.5 Å². The Morgan fingerprint density at radius 3 is 2.92 bits per heavy atom. The van der Waals surface area contributed by atoms with E-state index in [4.69, 9.17) is 25.9 Å². The number of aliphatic carboxylic acids is 1. The van der Waals surface area contributed by atoms with Gasteiger partial charge in [0, 0.05) is 32.1 Å². The molecule has 1 N–H and O–H groups in total. The molecule has 2 aromatic heterocycles. The molecule has 0 fully saturated rings. The van der Waals surface area contributed by atoms with Crippen LogP contribution in [0.3, 0.4) is 0 Å². The van der Waals surface area contributed by atoms with Gasteiger partial charge >= 0.3 is 11.7 Å². The number of aromatic nitrogens is 3. The number of oxazole rings is 1. The van der Waals surface area contributed by atoms with Crippen molar-refractivity contribution < 1.29 is 19.1 Å². The summed E-state index contributed by atoms with van der Waals surface area (Å²) < 4.78 is 13.8. The molecule has 3 aromatic rings. The van der Waals surface area contributed by atoms with Crippen molar-refractivity contribution in [2.45, 2.75) is 19.6 Å². The minimum absolute atomic E-state index is 0.00493. The third-order valence-corrected chi connectivity index (χ3v) is 3.84. The zero-order chi connectivity index (χ0) is 17.3. The van der Waals surface area contributed by atoms with Gasteiger partial charge in [0.15, 0.2) is 5.58 Å². The lowest BCUT2D eigenvalue weighted by atomic mass is 10.3. The van der Waals surface area contributed by atoms with Crippen molar-refractivity contribution in [2.24, 2.45) is 7.05 Å². The third kappa shape index (κ3) is 3.13. The maximum atomic E-state index is 11.9. The summed E-state index contributed by atoms with van der Waals surface area (Å²) in [6.07, 6.45) is 3.26. The number of hydrogen-bond donors (Lipinski definition) is 1. The minimum atomic E-state index is -1.00. The molecule has 0 spiro atoms. The van der Waals surface area contributed by atoms with Crippen LogP contribution in [-0.4, -0.2) is 25.2 Å². The van der Waals surface area contributed by atoms with Crippen LogP contribution in [0, 0.1) is 0 Å². The SMILES string of the molecule is Cn1ccnc1COc1cc2oc(=O)n(CCC(=O)O)c2cc1Cl. The lowest BCUT2D eigenvalue weighted by Gasteiger charge is -2.08. The highest BCUT2D eigenvalue weighted by Crippen LogP contribution is 2.30. The van der Waals surface area contributed by atoms with Crippen LogP contribution in [0.5, 0.6) is 5.75 Å². The number of nitrogens with zero attached hydrogens (tertiary/aromatic N) is 3. The van der Waals surface area contributed by atoms with Crippen molar-refractivity contribution >= 4 is 28.7 Å². The number of benzene rings is 1. The summed E-state index contributed by atoms with van der Waals surface area (Å²) in [4.78, 5) is 26.7. The number of aryl methyl sites for hydroxylation is 2. The Morgan fingerprint density at radius 1 is 1.46 bits per heavy atom. The van der Waals surface area contributed by atoms with E-state index in [1.54, 1.807) is 12.4 Å². The number of carbonyl (C=O) groups is 1. The van der Waals surface area contributed by atoms with Crippen molar-refractivity contribution in [1.29, 1.82) is 0 Å². The number of ether oxygens (including phenoxy) is 1. The number of imidazole rings is 1. The van der Waals surface area contributed by atoms with Gasteiger partial charge in [-0.1, -0.05) is 11.6 Å². The average Bonchev–Trinajstić information content (AvgIpc) is 3.05. The molecule has 3 rings (SSSR count). The zero-order valence-corrected chi connectivity index (χ0v) is 13.5. The highest BCUT2D eigenvalue weighted by Gasteiger charge is 2.15. The first kappa shape index (κ1) is 16.1. The minimum Gasteiger partial charge on any atom is -0.484 e. The molecule has 0 bridgehead atoms. The zero-order valence-electron chi connectivity index (χ0n) is 12.7. The predicted octanol–water partition coefficient (Wildman–Crippen LogP) is 2.04. The van der Waals surface area contributed by atoms with Gasteiger partial charge in [-0.25, -0.2) is 9.78 Å². The molecule has 0 aliphatic carbocycles. The second-order valence-corrected chi connectivity index (χ2v) is 5.56. The smallest absolute Gasteiger partial charge is 0.419 e. The fraction of sp³-hybridized carbons (Fsp3) is 0.267. The summed E-state index contributed by atoms with van der Waals surface area (Å²) in [5.41, 5.74) is 0.709. The summed E-state index contributed by atoms with van der Waals surface area (Å²) in [5.74, 6) is -0.570.